The van der Waals surface area contributed by atoms with Gasteiger partial charge in [-0.25, -0.2) is 0 Å². The van der Waals surface area contributed by atoms with Gasteiger partial charge in [0.05, 0.1) is 18.0 Å². The molecule has 4 atom stereocenters. The molecule has 2 amide bonds. The van der Waals surface area contributed by atoms with Gasteiger partial charge < -0.3 is 30.0 Å². The van der Waals surface area contributed by atoms with E-state index in [0.717, 1.165) is 11.3 Å². The molecule has 8 nitrogen and oxygen atoms in total. The van der Waals surface area contributed by atoms with Crippen LogP contribution in [0.3, 0.4) is 0 Å². The number of carbonyl (C=O) groups is 4. The quantitative estimate of drug-likeness (QED) is 0.280. The number of hydrogen-bond acceptors (Lipinski definition) is 8. The molecular formula is C15H14N2Na2O6S2. The third-order valence-electron chi connectivity index (χ3n) is 4.29. The molecular weight excluding hydrogens is 414 g/mol. The SMILES string of the molecule is CC1(C)SC2C(NC(=O)C(C(=O)[O-])c3cccs3)C(=O)N2C1C(=O)[O-].[Na+].[Na+]. The number of carboxylic acids is 2. The summed E-state index contributed by atoms with van der Waals surface area (Å²) >= 11 is 2.33. The molecule has 134 valence electrons. The van der Waals surface area contributed by atoms with E-state index >= 15 is 0 Å². The number of fused-ring (bicyclic) bond motifs is 1. The number of hydrogen-bond donors (Lipinski definition) is 1. The Morgan fingerprint density at radius 2 is 1.89 bits per heavy atom. The van der Waals surface area contributed by atoms with Gasteiger partial charge in [-0.1, -0.05) is 6.07 Å². The topological polar surface area (TPSA) is 130 Å². The molecule has 0 aliphatic carbocycles. The van der Waals surface area contributed by atoms with Crippen LogP contribution in [0.15, 0.2) is 17.5 Å². The van der Waals surface area contributed by atoms with Gasteiger partial charge in [-0.05, 0) is 25.3 Å². The second-order valence-corrected chi connectivity index (χ2v) is 9.08. The second kappa shape index (κ2) is 9.17. The van der Waals surface area contributed by atoms with Crippen molar-refractivity contribution < 1.29 is 88.5 Å². The summed E-state index contributed by atoms with van der Waals surface area (Å²) in [6, 6.07) is 1.04. The predicted molar refractivity (Wildman–Crippen MR) is 85.1 cm³/mol. The summed E-state index contributed by atoms with van der Waals surface area (Å²) in [7, 11) is 0. The maximum atomic E-state index is 12.4. The van der Waals surface area contributed by atoms with Crippen LogP contribution in [0.2, 0.25) is 0 Å². The number of carbonyl (C=O) groups excluding carboxylic acids is 4. The first-order valence-electron chi connectivity index (χ1n) is 7.40. The summed E-state index contributed by atoms with van der Waals surface area (Å²) in [4.78, 5) is 48.8. The Bertz CT molecular complexity index is 757. The summed E-state index contributed by atoms with van der Waals surface area (Å²) in [5.41, 5.74) is 0. The molecule has 1 aromatic rings. The Balaban J connectivity index is 0.00000182. The molecule has 2 aliphatic rings. The molecule has 27 heavy (non-hydrogen) atoms. The Morgan fingerprint density at radius 3 is 2.37 bits per heavy atom. The number of thioether (sulfide) groups is 1. The number of rotatable bonds is 5. The zero-order valence-corrected chi connectivity index (χ0v) is 20.9. The van der Waals surface area contributed by atoms with Gasteiger partial charge in [0.2, 0.25) is 11.8 Å². The van der Waals surface area contributed by atoms with E-state index < -0.39 is 51.9 Å². The third kappa shape index (κ3) is 4.42. The van der Waals surface area contributed by atoms with E-state index in [4.69, 9.17) is 0 Å². The number of thiophene rings is 1. The van der Waals surface area contributed by atoms with E-state index in [-0.39, 0.29) is 59.1 Å². The molecule has 3 heterocycles. The molecule has 4 unspecified atom stereocenters. The summed E-state index contributed by atoms with van der Waals surface area (Å²) in [6.45, 7) is 3.36. The van der Waals surface area contributed by atoms with Gasteiger partial charge in [0.15, 0.2) is 0 Å². The zero-order chi connectivity index (χ0) is 18.5. The van der Waals surface area contributed by atoms with Crippen LogP contribution in [0.5, 0.6) is 0 Å². The number of carboxylic acid groups (broad SMARTS) is 2. The molecule has 12 heteroatoms. The van der Waals surface area contributed by atoms with Crippen LogP contribution in [0.25, 0.3) is 0 Å². The van der Waals surface area contributed by atoms with Gasteiger partial charge in [0.1, 0.15) is 17.3 Å². The van der Waals surface area contributed by atoms with E-state index in [1.165, 1.54) is 22.7 Å². The van der Waals surface area contributed by atoms with Crippen LogP contribution in [-0.4, -0.2) is 50.9 Å². The third-order valence-corrected chi connectivity index (χ3v) is 6.80. The fraction of sp³-hybridized carbons (Fsp3) is 0.467. The summed E-state index contributed by atoms with van der Waals surface area (Å²) in [6.07, 6.45) is 0. The Kier molecular flexibility index (Phi) is 8.48. The van der Waals surface area contributed by atoms with Crippen molar-refractivity contribution in [1.82, 2.24) is 10.2 Å². The number of amides is 2. The average Bonchev–Trinajstić information content (AvgIpc) is 3.09. The van der Waals surface area contributed by atoms with Gasteiger partial charge >= 0.3 is 59.1 Å². The van der Waals surface area contributed by atoms with Crippen molar-refractivity contribution in [1.29, 1.82) is 0 Å². The first-order valence-corrected chi connectivity index (χ1v) is 9.16. The Hall–Kier alpha value is -0.0700. The van der Waals surface area contributed by atoms with Gasteiger partial charge in [-0.3, -0.25) is 9.59 Å². The van der Waals surface area contributed by atoms with E-state index in [2.05, 4.69) is 5.32 Å². The number of β-lactam (4-membered cyclic amide) rings is 1. The molecule has 0 radical (unpaired) electrons. The maximum absolute atomic E-state index is 12.4. The van der Waals surface area contributed by atoms with Crippen molar-refractivity contribution >= 4 is 46.9 Å². The van der Waals surface area contributed by atoms with Gasteiger partial charge in [0, 0.05) is 9.62 Å². The largest absolute Gasteiger partial charge is 1.00 e. The average molecular weight is 428 g/mol. The Labute approximate surface area is 208 Å². The minimum atomic E-state index is -1.56. The molecule has 0 aromatic carbocycles. The van der Waals surface area contributed by atoms with E-state index in [1.807, 2.05) is 0 Å². The maximum Gasteiger partial charge on any atom is 1.00 e. The zero-order valence-electron chi connectivity index (χ0n) is 15.3. The monoisotopic (exact) mass is 428 g/mol. The van der Waals surface area contributed by atoms with E-state index in [0.29, 0.717) is 4.88 Å². The van der Waals surface area contributed by atoms with Crippen molar-refractivity contribution in [3.63, 3.8) is 0 Å². The number of nitrogens with zero attached hydrogens (tertiary/aromatic N) is 1. The van der Waals surface area contributed by atoms with Crippen LogP contribution in [0, 0.1) is 0 Å². The molecule has 0 saturated carbocycles. The molecule has 2 aliphatic heterocycles. The molecule has 1 N–H and O–H groups in total. The smallest absolute Gasteiger partial charge is 0.549 e. The van der Waals surface area contributed by atoms with E-state index in [1.54, 1.807) is 25.3 Å². The van der Waals surface area contributed by atoms with Crippen molar-refractivity contribution in [2.45, 2.75) is 42.0 Å². The minimum Gasteiger partial charge on any atom is -0.549 e. The molecule has 3 rings (SSSR count). The van der Waals surface area contributed by atoms with Crippen LogP contribution in [-0.2, 0) is 19.2 Å². The van der Waals surface area contributed by atoms with Crippen molar-refractivity contribution in [3.8, 4) is 0 Å². The predicted octanol–water partition coefficient (Wildman–Crippen LogP) is -8.11. The number of nitrogens with one attached hydrogen (secondary N) is 1. The molecule has 2 fully saturated rings. The summed E-state index contributed by atoms with van der Waals surface area (Å²) in [5.74, 6) is -5.84. The first-order chi connectivity index (χ1) is 11.6. The van der Waals surface area contributed by atoms with E-state index in [9.17, 15) is 29.4 Å². The fourth-order valence-electron chi connectivity index (χ4n) is 3.17. The molecule has 2 saturated heterocycles. The van der Waals surface area contributed by atoms with Crippen molar-refractivity contribution in [2.75, 3.05) is 0 Å². The normalized spacial score (nSPS) is 25.9. The van der Waals surface area contributed by atoms with Crippen LogP contribution < -0.4 is 74.6 Å². The van der Waals surface area contributed by atoms with Crippen LogP contribution in [0.1, 0.15) is 24.6 Å². The Morgan fingerprint density at radius 1 is 1.26 bits per heavy atom. The minimum absolute atomic E-state index is 0. The second-order valence-electron chi connectivity index (χ2n) is 6.33. The fourth-order valence-corrected chi connectivity index (χ4v) is 5.60. The van der Waals surface area contributed by atoms with Gasteiger partial charge in [-0.15, -0.1) is 23.1 Å². The molecule has 1 aromatic heterocycles. The number of aliphatic carboxylic acids is 2. The molecule has 0 spiro atoms. The van der Waals surface area contributed by atoms with Crippen LogP contribution >= 0.6 is 23.1 Å². The molecule has 0 bridgehead atoms. The van der Waals surface area contributed by atoms with Crippen molar-refractivity contribution in [3.05, 3.63) is 22.4 Å². The van der Waals surface area contributed by atoms with Crippen molar-refractivity contribution in [2.24, 2.45) is 0 Å². The van der Waals surface area contributed by atoms with Crippen LogP contribution in [0.4, 0.5) is 0 Å². The van der Waals surface area contributed by atoms with Gasteiger partial charge in [0.25, 0.3) is 0 Å². The summed E-state index contributed by atoms with van der Waals surface area (Å²) in [5, 5.41) is 26.2. The summed E-state index contributed by atoms with van der Waals surface area (Å²) < 4.78 is -0.778. The standard InChI is InChI=1S/C15H16N2O6S2.2Na/c1-15(2)9(14(22)23)17-11(19)8(12(17)25-15)16-10(18)7(13(20)21)6-4-3-5-24-6;;/h3-5,7-9,12H,1-2H3,(H,16,18)(H,20,21)(H,22,23);;/q;2*+1/p-2. The van der Waals surface area contributed by atoms with Gasteiger partial charge in [-0.2, -0.15) is 0 Å². The first kappa shape index (κ1) is 25.0.